The lowest BCUT2D eigenvalue weighted by Crippen LogP contribution is -2.26. The summed E-state index contributed by atoms with van der Waals surface area (Å²) in [5.41, 5.74) is 3.31. The maximum absolute atomic E-state index is 12.1. The number of nitrogens with zero attached hydrogens (tertiary/aromatic N) is 1. The molecule has 1 aromatic carbocycles. The third kappa shape index (κ3) is 2.83. The molecule has 19 heavy (non-hydrogen) atoms. The number of aromatic nitrogens is 1. The number of nitrogens with one attached hydrogen (secondary N) is 2. The van der Waals surface area contributed by atoms with E-state index in [0.717, 1.165) is 30.1 Å². The van der Waals surface area contributed by atoms with Gasteiger partial charge in [0.25, 0.3) is 5.91 Å². The van der Waals surface area contributed by atoms with Crippen LogP contribution in [0.3, 0.4) is 0 Å². The summed E-state index contributed by atoms with van der Waals surface area (Å²) in [6.07, 6.45) is 2.74. The number of fused-ring (bicyclic) bond motifs is 1. The molecule has 0 unspecified atom stereocenters. The summed E-state index contributed by atoms with van der Waals surface area (Å²) in [5, 5.41) is 9.06. The molecular formula is C14H15N3OS. The Morgan fingerprint density at radius 1 is 1.42 bits per heavy atom. The van der Waals surface area contributed by atoms with E-state index in [1.54, 1.807) is 17.5 Å². The van der Waals surface area contributed by atoms with E-state index < -0.39 is 0 Å². The first-order chi connectivity index (χ1) is 9.33. The van der Waals surface area contributed by atoms with Crippen molar-refractivity contribution < 1.29 is 4.79 Å². The average molecular weight is 273 g/mol. The third-order valence-corrected chi connectivity index (χ3v) is 4.02. The van der Waals surface area contributed by atoms with Crippen molar-refractivity contribution in [1.82, 2.24) is 15.6 Å². The second-order valence-electron chi connectivity index (χ2n) is 4.52. The molecular weight excluding hydrogens is 258 g/mol. The van der Waals surface area contributed by atoms with E-state index in [0.29, 0.717) is 6.54 Å². The molecule has 0 saturated carbocycles. The summed E-state index contributed by atoms with van der Waals surface area (Å²) >= 11 is 1.55. The van der Waals surface area contributed by atoms with Gasteiger partial charge in [-0.1, -0.05) is 6.07 Å². The Hall–Kier alpha value is -1.72. The number of carbonyl (C=O) groups is 1. The molecule has 0 bridgehead atoms. The van der Waals surface area contributed by atoms with Gasteiger partial charge in [-0.25, -0.2) is 4.98 Å². The molecule has 0 aliphatic carbocycles. The lowest BCUT2D eigenvalue weighted by atomic mass is 9.98. The topological polar surface area (TPSA) is 54.0 Å². The van der Waals surface area contributed by atoms with Gasteiger partial charge in [-0.2, -0.15) is 0 Å². The van der Waals surface area contributed by atoms with Crippen molar-refractivity contribution in [3.8, 4) is 0 Å². The Balaban J connectivity index is 1.69. The summed E-state index contributed by atoms with van der Waals surface area (Å²) in [7, 11) is 0. The first-order valence-corrected chi connectivity index (χ1v) is 7.20. The van der Waals surface area contributed by atoms with E-state index in [9.17, 15) is 4.79 Å². The minimum Gasteiger partial charge on any atom is -0.346 e. The van der Waals surface area contributed by atoms with Crippen molar-refractivity contribution in [3.05, 3.63) is 51.5 Å². The molecule has 0 spiro atoms. The molecule has 3 rings (SSSR count). The SMILES string of the molecule is O=C(NCc1nccs1)c1ccc2c(c1)CCNC2. The van der Waals surface area contributed by atoms with E-state index in [-0.39, 0.29) is 5.91 Å². The molecule has 1 aliphatic rings. The number of benzene rings is 1. The largest absolute Gasteiger partial charge is 0.346 e. The van der Waals surface area contributed by atoms with Crippen LogP contribution in [-0.2, 0) is 19.5 Å². The lowest BCUT2D eigenvalue weighted by Gasteiger charge is -2.17. The highest BCUT2D eigenvalue weighted by molar-refractivity contribution is 7.09. The molecule has 2 N–H and O–H groups in total. The quantitative estimate of drug-likeness (QED) is 0.895. The Kier molecular flexibility index (Phi) is 3.57. The van der Waals surface area contributed by atoms with Gasteiger partial charge in [0.15, 0.2) is 0 Å². The van der Waals surface area contributed by atoms with Crippen LogP contribution >= 0.6 is 11.3 Å². The first kappa shape index (κ1) is 12.3. The van der Waals surface area contributed by atoms with E-state index in [1.807, 2.05) is 23.6 Å². The van der Waals surface area contributed by atoms with E-state index in [2.05, 4.69) is 15.6 Å². The van der Waals surface area contributed by atoms with Gasteiger partial charge in [0.2, 0.25) is 0 Å². The molecule has 0 fully saturated rings. The van der Waals surface area contributed by atoms with Gasteiger partial charge in [-0.15, -0.1) is 11.3 Å². The van der Waals surface area contributed by atoms with Crippen LogP contribution in [0, 0.1) is 0 Å². The molecule has 0 atom stereocenters. The predicted molar refractivity (Wildman–Crippen MR) is 75.1 cm³/mol. The summed E-state index contributed by atoms with van der Waals surface area (Å²) in [4.78, 5) is 16.2. The maximum atomic E-state index is 12.1. The van der Waals surface area contributed by atoms with Crippen LogP contribution in [0.4, 0.5) is 0 Å². The van der Waals surface area contributed by atoms with Gasteiger partial charge < -0.3 is 10.6 Å². The van der Waals surface area contributed by atoms with E-state index in [4.69, 9.17) is 0 Å². The number of rotatable bonds is 3. The molecule has 0 saturated heterocycles. The zero-order valence-corrected chi connectivity index (χ0v) is 11.3. The second-order valence-corrected chi connectivity index (χ2v) is 5.50. The van der Waals surface area contributed by atoms with Gasteiger partial charge >= 0.3 is 0 Å². The first-order valence-electron chi connectivity index (χ1n) is 6.32. The fraction of sp³-hybridized carbons (Fsp3) is 0.286. The lowest BCUT2D eigenvalue weighted by molar-refractivity contribution is 0.0950. The minimum atomic E-state index is -0.0310. The Morgan fingerprint density at radius 2 is 2.37 bits per heavy atom. The van der Waals surface area contributed by atoms with Crippen LogP contribution in [0.1, 0.15) is 26.5 Å². The molecule has 1 aromatic heterocycles. The summed E-state index contributed by atoms with van der Waals surface area (Å²) in [6.45, 7) is 2.38. The predicted octanol–water partition coefficient (Wildman–Crippen LogP) is 1.72. The highest BCUT2D eigenvalue weighted by Gasteiger charge is 2.12. The number of amides is 1. The minimum absolute atomic E-state index is 0.0310. The zero-order valence-electron chi connectivity index (χ0n) is 10.5. The van der Waals surface area contributed by atoms with Gasteiger partial charge in [-0.3, -0.25) is 4.79 Å². The maximum Gasteiger partial charge on any atom is 0.251 e. The number of hydrogen-bond donors (Lipinski definition) is 2. The van der Waals surface area contributed by atoms with Crippen LogP contribution < -0.4 is 10.6 Å². The highest BCUT2D eigenvalue weighted by atomic mass is 32.1. The molecule has 98 valence electrons. The van der Waals surface area contributed by atoms with Crippen LogP contribution in [-0.4, -0.2) is 17.4 Å². The molecule has 1 amide bonds. The van der Waals surface area contributed by atoms with Crippen molar-refractivity contribution in [1.29, 1.82) is 0 Å². The summed E-state index contributed by atoms with van der Waals surface area (Å²) in [6, 6.07) is 5.94. The van der Waals surface area contributed by atoms with Crippen molar-refractivity contribution in [2.24, 2.45) is 0 Å². The summed E-state index contributed by atoms with van der Waals surface area (Å²) < 4.78 is 0. The van der Waals surface area contributed by atoms with Crippen molar-refractivity contribution in [2.45, 2.75) is 19.5 Å². The molecule has 5 heteroatoms. The van der Waals surface area contributed by atoms with Gasteiger partial charge in [0, 0.05) is 23.7 Å². The molecule has 4 nitrogen and oxygen atoms in total. The van der Waals surface area contributed by atoms with E-state index in [1.165, 1.54) is 11.1 Å². The number of carbonyl (C=O) groups excluding carboxylic acids is 1. The number of thiazole rings is 1. The Labute approximate surface area is 115 Å². The van der Waals surface area contributed by atoms with Gasteiger partial charge in [0.1, 0.15) is 5.01 Å². The third-order valence-electron chi connectivity index (χ3n) is 3.24. The summed E-state index contributed by atoms with van der Waals surface area (Å²) in [5.74, 6) is -0.0310. The van der Waals surface area contributed by atoms with Gasteiger partial charge in [0.05, 0.1) is 6.54 Å². The van der Waals surface area contributed by atoms with Crippen molar-refractivity contribution in [2.75, 3.05) is 6.54 Å². The van der Waals surface area contributed by atoms with Crippen LogP contribution in [0.5, 0.6) is 0 Å². The normalized spacial score (nSPS) is 13.9. The van der Waals surface area contributed by atoms with Crippen molar-refractivity contribution in [3.63, 3.8) is 0 Å². The van der Waals surface area contributed by atoms with Gasteiger partial charge in [-0.05, 0) is 36.2 Å². The average Bonchev–Trinajstić information content (AvgIpc) is 2.97. The standard InChI is InChI=1S/C14H15N3OS/c18-14(17-9-13-16-5-6-19-13)11-1-2-12-8-15-4-3-10(12)7-11/h1-2,5-7,15H,3-4,8-9H2,(H,17,18). The fourth-order valence-electron chi connectivity index (χ4n) is 2.22. The zero-order chi connectivity index (χ0) is 13.1. The molecule has 1 aliphatic heterocycles. The van der Waals surface area contributed by atoms with Crippen molar-refractivity contribution >= 4 is 17.2 Å². The van der Waals surface area contributed by atoms with Crippen LogP contribution in [0.25, 0.3) is 0 Å². The van der Waals surface area contributed by atoms with Crippen LogP contribution in [0.2, 0.25) is 0 Å². The Bertz CT molecular complexity index is 580. The fourth-order valence-corrected chi connectivity index (χ4v) is 2.77. The second kappa shape index (κ2) is 5.50. The number of hydrogen-bond acceptors (Lipinski definition) is 4. The molecule has 2 aromatic rings. The highest BCUT2D eigenvalue weighted by Crippen LogP contribution is 2.16. The smallest absolute Gasteiger partial charge is 0.251 e. The van der Waals surface area contributed by atoms with E-state index >= 15 is 0 Å². The molecule has 2 heterocycles. The Morgan fingerprint density at radius 3 is 3.21 bits per heavy atom. The monoisotopic (exact) mass is 273 g/mol. The molecule has 0 radical (unpaired) electrons. The van der Waals surface area contributed by atoms with Crippen LogP contribution in [0.15, 0.2) is 29.8 Å².